The van der Waals surface area contributed by atoms with Crippen molar-refractivity contribution in [3.63, 3.8) is 0 Å². The van der Waals surface area contributed by atoms with Crippen molar-refractivity contribution in [3.8, 4) is 0 Å². The molecule has 4 aromatic rings. The van der Waals surface area contributed by atoms with E-state index in [2.05, 4.69) is 64.6 Å². The van der Waals surface area contributed by atoms with Gasteiger partial charge in [0.05, 0.1) is 0 Å². The van der Waals surface area contributed by atoms with Crippen molar-refractivity contribution in [2.24, 2.45) is 5.92 Å². The molecule has 4 nitrogen and oxygen atoms in total. The van der Waals surface area contributed by atoms with E-state index in [1.54, 1.807) is 0 Å². The zero-order valence-electron chi connectivity index (χ0n) is 17.9. The van der Waals surface area contributed by atoms with Gasteiger partial charge in [0, 0.05) is 52.7 Å². The minimum atomic E-state index is 0.0555. The van der Waals surface area contributed by atoms with Crippen LogP contribution in [0.1, 0.15) is 32.8 Å². The Bertz CT molecular complexity index is 1190. The number of nitrogens with one attached hydrogen (secondary N) is 2. The van der Waals surface area contributed by atoms with Gasteiger partial charge in [-0.25, -0.2) is 0 Å². The molecule has 0 aliphatic carbocycles. The van der Waals surface area contributed by atoms with Gasteiger partial charge in [0.15, 0.2) is 0 Å². The number of anilines is 2. The molecule has 0 bridgehead atoms. The Kier molecular flexibility index (Phi) is 5.75. The molecule has 0 aliphatic rings. The summed E-state index contributed by atoms with van der Waals surface area (Å²) in [5.41, 5.74) is 5.61. The highest BCUT2D eigenvalue weighted by molar-refractivity contribution is 6.08. The lowest BCUT2D eigenvalue weighted by Gasteiger charge is -2.11. The molecule has 1 heterocycles. The summed E-state index contributed by atoms with van der Waals surface area (Å²) in [6.07, 6.45) is 0.531. The largest absolute Gasteiger partial charge is 0.381 e. The van der Waals surface area contributed by atoms with Crippen LogP contribution in [0.15, 0.2) is 66.7 Å². The maximum absolute atomic E-state index is 12.0. The van der Waals surface area contributed by atoms with Gasteiger partial charge < -0.3 is 15.2 Å². The number of rotatable bonds is 7. The van der Waals surface area contributed by atoms with Crippen molar-refractivity contribution in [2.75, 3.05) is 10.6 Å². The van der Waals surface area contributed by atoms with Gasteiger partial charge in [-0.1, -0.05) is 44.2 Å². The normalized spacial score (nSPS) is 11.3. The first kappa shape index (κ1) is 20.0. The second kappa shape index (κ2) is 8.62. The lowest BCUT2D eigenvalue weighted by Crippen LogP contribution is -2.13. The Morgan fingerprint density at radius 2 is 1.67 bits per heavy atom. The topological polar surface area (TPSA) is 46.1 Å². The summed E-state index contributed by atoms with van der Waals surface area (Å²) < 4.78 is 2.37. The van der Waals surface area contributed by atoms with Crippen LogP contribution < -0.4 is 10.6 Å². The van der Waals surface area contributed by atoms with Gasteiger partial charge in [0.1, 0.15) is 0 Å². The summed E-state index contributed by atoms with van der Waals surface area (Å²) >= 11 is 0. The number of carbonyl (C=O) groups excluding carboxylic acids is 1. The number of carbonyl (C=O) groups is 1. The number of aryl methyl sites for hydroxylation is 1. The molecule has 154 valence electrons. The highest BCUT2D eigenvalue weighted by Crippen LogP contribution is 2.30. The van der Waals surface area contributed by atoms with Gasteiger partial charge in [-0.2, -0.15) is 0 Å². The minimum absolute atomic E-state index is 0.0555. The first-order valence-corrected chi connectivity index (χ1v) is 10.7. The molecule has 2 N–H and O–H groups in total. The van der Waals surface area contributed by atoms with E-state index >= 15 is 0 Å². The lowest BCUT2D eigenvalue weighted by molar-refractivity contribution is -0.116. The van der Waals surface area contributed by atoms with Crippen molar-refractivity contribution in [1.29, 1.82) is 0 Å². The highest BCUT2D eigenvalue weighted by Gasteiger charge is 2.10. The molecule has 4 heteroatoms. The van der Waals surface area contributed by atoms with Crippen LogP contribution in [0.5, 0.6) is 0 Å². The molecular weight excluding hydrogens is 370 g/mol. The van der Waals surface area contributed by atoms with Gasteiger partial charge >= 0.3 is 0 Å². The van der Waals surface area contributed by atoms with Crippen molar-refractivity contribution in [1.82, 2.24) is 4.57 Å². The Labute approximate surface area is 177 Å². The van der Waals surface area contributed by atoms with Gasteiger partial charge in [-0.15, -0.1) is 0 Å². The van der Waals surface area contributed by atoms with E-state index in [4.69, 9.17) is 0 Å². The van der Waals surface area contributed by atoms with Crippen LogP contribution in [0.3, 0.4) is 0 Å². The second-order valence-corrected chi connectivity index (χ2v) is 8.19. The van der Waals surface area contributed by atoms with E-state index < -0.39 is 0 Å². The van der Waals surface area contributed by atoms with Crippen molar-refractivity contribution < 1.29 is 4.79 Å². The number of nitrogens with zero attached hydrogens (tertiary/aromatic N) is 1. The van der Waals surface area contributed by atoms with Crippen LogP contribution in [0, 0.1) is 5.92 Å². The highest BCUT2D eigenvalue weighted by atomic mass is 16.1. The smallest absolute Gasteiger partial charge is 0.224 e. The van der Waals surface area contributed by atoms with Crippen LogP contribution in [0.4, 0.5) is 11.4 Å². The second-order valence-electron chi connectivity index (χ2n) is 8.19. The third kappa shape index (κ3) is 4.18. The summed E-state index contributed by atoms with van der Waals surface area (Å²) in [6, 6.07) is 23.2. The average molecular weight is 400 g/mol. The number of fused-ring (bicyclic) bond motifs is 3. The van der Waals surface area contributed by atoms with Gasteiger partial charge in [-0.05, 0) is 54.8 Å². The van der Waals surface area contributed by atoms with E-state index in [9.17, 15) is 4.79 Å². The summed E-state index contributed by atoms with van der Waals surface area (Å²) in [4.78, 5) is 12.0. The maximum Gasteiger partial charge on any atom is 0.224 e. The van der Waals surface area contributed by atoms with Crippen molar-refractivity contribution in [3.05, 3.63) is 72.3 Å². The first-order valence-electron chi connectivity index (χ1n) is 10.7. The first-order chi connectivity index (χ1) is 14.5. The third-order valence-corrected chi connectivity index (χ3v) is 5.39. The number of benzene rings is 3. The van der Waals surface area contributed by atoms with Crippen LogP contribution in [-0.2, 0) is 17.9 Å². The van der Waals surface area contributed by atoms with Crippen LogP contribution in [-0.4, -0.2) is 10.5 Å². The molecule has 4 rings (SSSR count). The van der Waals surface area contributed by atoms with Gasteiger partial charge in [-0.3, -0.25) is 4.79 Å². The maximum atomic E-state index is 12.0. The third-order valence-electron chi connectivity index (χ3n) is 5.39. The predicted molar refractivity (Wildman–Crippen MR) is 127 cm³/mol. The van der Waals surface area contributed by atoms with E-state index in [1.165, 1.54) is 27.4 Å². The zero-order chi connectivity index (χ0) is 21.1. The van der Waals surface area contributed by atoms with E-state index in [1.807, 2.05) is 38.1 Å². The molecule has 0 saturated carbocycles. The summed E-state index contributed by atoms with van der Waals surface area (Å²) in [5, 5.41) is 9.06. The number of para-hydroxylation sites is 1. The minimum Gasteiger partial charge on any atom is -0.381 e. The number of hydrogen-bond acceptors (Lipinski definition) is 2. The lowest BCUT2D eigenvalue weighted by atomic mass is 10.1. The molecule has 0 saturated heterocycles. The Hall–Kier alpha value is -3.27. The predicted octanol–water partition coefficient (Wildman–Crippen LogP) is 6.41. The molecule has 0 radical (unpaired) electrons. The van der Waals surface area contributed by atoms with Crippen molar-refractivity contribution in [2.45, 2.75) is 40.3 Å². The van der Waals surface area contributed by atoms with E-state index in [-0.39, 0.29) is 5.91 Å². The van der Waals surface area contributed by atoms with Crippen LogP contribution in [0.2, 0.25) is 0 Å². The SMILES string of the molecule is CCn1c2ccccc2c2cc(CNc3cccc(NC(=O)CC(C)C)c3)ccc21. The standard InChI is InChI=1S/C26H29N3O/c1-4-29-24-11-6-5-10-22(24)23-15-19(12-13-25(23)29)17-27-20-8-7-9-21(16-20)28-26(30)14-18(2)3/h5-13,15-16,18,27H,4,14,17H2,1-3H3,(H,28,30). The van der Waals surface area contributed by atoms with E-state index in [0.29, 0.717) is 12.3 Å². The van der Waals surface area contributed by atoms with Gasteiger partial charge in [0.25, 0.3) is 0 Å². The van der Waals surface area contributed by atoms with Crippen LogP contribution >= 0.6 is 0 Å². The molecule has 0 fully saturated rings. The van der Waals surface area contributed by atoms with E-state index in [0.717, 1.165) is 24.5 Å². The molecule has 0 unspecified atom stereocenters. The number of hydrogen-bond donors (Lipinski definition) is 2. The fourth-order valence-corrected chi connectivity index (χ4v) is 4.05. The summed E-state index contributed by atoms with van der Waals surface area (Å²) in [6.45, 7) is 7.97. The molecule has 1 amide bonds. The Morgan fingerprint density at radius 1 is 0.900 bits per heavy atom. The Balaban J connectivity index is 1.52. The zero-order valence-corrected chi connectivity index (χ0v) is 17.9. The Morgan fingerprint density at radius 3 is 2.47 bits per heavy atom. The number of aromatic nitrogens is 1. The molecular formula is C26H29N3O. The average Bonchev–Trinajstić information content (AvgIpc) is 3.05. The van der Waals surface area contributed by atoms with Gasteiger partial charge in [0.2, 0.25) is 5.91 Å². The van der Waals surface area contributed by atoms with Crippen LogP contribution in [0.25, 0.3) is 21.8 Å². The molecule has 0 spiro atoms. The molecule has 0 atom stereocenters. The fourth-order valence-electron chi connectivity index (χ4n) is 4.05. The number of amides is 1. The monoisotopic (exact) mass is 399 g/mol. The fraction of sp³-hybridized carbons (Fsp3) is 0.269. The quantitative estimate of drug-likeness (QED) is 0.377. The summed E-state index contributed by atoms with van der Waals surface area (Å²) in [7, 11) is 0. The van der Waals surface area contributed by atoms with Crippen molar-refractivity contribution >= 4 is 39.1 Å². The molecule has 0 aliphatic heterocycles. The molecule has 30 heavy (non-hydrogen) atoms. The molecule has 1 aromatic heterocycles. The summed E-state index contributed by atoms with van der Waals surface area (Å²) in [5.74, 6) is 0.403. The molecule has 3 aromatic carbocycles.